The minimum Gasteiger partial charge on any atom is -0.478 e. The summed E-state index contributed by atoms with van der Waals surface area (Å²) >= 11 is 0. The van der Waals surface area contributed by atoms with Crippen LogP contribution in [0.15, 0.2) is 42.5 Å². The van der Waals surface area contributed by atoms with Crippen LogP contribution in [0.5, 0.6) is 0 Å². The topological polar surface area (TPSA) is 95.5 Å². The average Bonchev–Trinajstić information content (AvgIpc) is 2.59. The fourth-order valence-corrected chi connectivity index (χ4v) is 2.22. The van der Waals surface area contributed by atoms with Crippen molar-refractivity contribution >= 4 is 17.8 Å². The van der Waals surface area contributed by atoms with E-state index in [2.05, 4.69) is 10.6 Å². The summed E-state index contributed by atoms with van der Waals surface area (Å²) in [4.78, 5) is 34.9. The highest BCUT2D eigenvalue weighted by Gasteiger charge is 2.17. The Labute approximate surface area is 133 Å². The lowest BCUT2D eigenvalue weighted by Crippen LogP contribution is -2.21. The van der Waals surface area contributed by atoms with Gasteiger partial charge in [-0.2, -0.15) is 0 Å². The van der Waals surface area contributed by atoms with Crippen LogP contribution in [0, 0.1) is 0 Å². The van der Waals surface area contributed by atoms with E-state index in [0.717, 1.165) is 0 Å². The van der Waals surface area contributed by atoms with Gasteiger partial charge in [0.05, 0.1) is 11.1 Å². The summed E-state index contributed by atoms with van der Waals surface area (Å²) in [6, 6.07) is 11.4. The number of hydrogen-bond donors (Lipinski definition) is 3. The van der Waals surface area contributed by atoms with E-state index < -0.39 is 11.9 Å². The molecule has 0 aromatic heterocycles. The first-order chi connectivity index (χ1) is 11.0. The van der Waals surface area contributed by atoms with Crippen molar-refractivity contribution in [2.45, 2.75) is 0 Å². The molecular formula is C17H16N2O4. The van der Waals surface area contributed by atoms with Gasteiger partial charge in [0.1, 0.15) is 0 Å². The normalized spacial score (nSPS) is 10.0. The largest absolute Gasteiger partial charge is 0.478 e. The van der Waals surface area contributed by atoms with Crippen molar-refractivity contribution in [3.05, 3.63) is 59.2 Å². The van der Waals surface area contributed by atoms with E-state index in [1.807, 2.05) is 0 Å². The first-order valence-corrected chi connectivity index (χ1v) is 6.90. The lowest BCUT2D eigenvalue weighted by atomic mass is 9.97. The second kappa shape index (κ2) is 6.74. The summed E-state index contributed by atoms with van der Waals surface area (Å²) in [5, 5.41) is 14.2. The minimum absolute atomic E-state index is 0.0721. The maximum Gasteiger partial charge on any atom is 0.336 e. The molecule has 0 aliphatic heterocycles. The van der Waals surface area contributed by atoms with Gasteiger partial charge >= 0.3 is 5.97 Å². The van der Waals surface area contributed by atoms with Gasteiger partial charge in [-0.1, -0.05) is 18.2 Å². The highest BCUT2D eigenvalue weighted by atomic mass is 16.4. The zero-order valence-electron chi connectivity index (χ0n) is 12.7. The highest BCUT2D eigenvalue weighted by Crippen LogP contribution is 2.24. The van der Waals surface area contributed by atoms with Crippen LogP contribution < -0.4 is 10.6 Å². The first-order valence-electron chi connectivity index (χ1n) is 6.90. The molecule has 0 fully saturated rings. The number of hydrogen-bond acceptors (Lipinski definition) is 3. The van der Waals surface area contributed by atoms with Gasteiger partial charge in [0.25, 0.3) is 11.8 Å². The SMILES string of the molecule is CNC(=O)c1cccc(-c2ccc(C(=O)O)c(C(=O)NC)c2)c1. The third-order valence-corrected chi connectivity index (χ3v) is 3.41. The van der Waals surface area contributed by atoms with Crippen molar-refractivity contribution in [3.63, 3.8) is 0 Å². The lowest BCUT2D eigenvalue weighted by molar-refractivity contribution is 0.0691. The van der Waals surface area contributed by atoms with E-state index in [4.69, 9.17) is 0 Å². The Kier molecular flexibility index (Phi) is 4.75. The molecule has 0 spiro atoms. The Bertz CT molecular complexity index is 784. The number of aromatic carboxylic acids is 1. The van der Waals surface area contributed by atoms with Gasteiger partial charge in [0.2, 0.25) is 0 Å². The summed E-state index contributed by atoms with van der Waals surface area (Å²) in [5.41, 5.74) is 1.85. The van der Waals surface area contributed by atoms with Crippen molar-refractivity contribution < 1.29 is 19.5 Å². The third kappa shape index (κ3) is 3.37. The highest BCUT2D eigenvalue weighted by molar-refractivity contribution is 6.05. The fraction of sp³-hybridized carbons (Fsp3) is 0.118. The van der Waals surface area contributed by atoms with Gasteiger partial charge < -0.3 is 15.7 Å². The predicted octanol–water partition coefficient (Wildman–Crippen LogP) is 1.77. The van der Waals surface area contributed by atoms with Crippen LogP contribution in [0.4, 0.5) is 0 Å². The van der Waals surface area contributed by atoms with E-state index in [-0.39, 0.29) is 17.0 Å². The molecule has 2 amide bonds. The number of carbonyl (C=O) groups is 3. The molecule has 0 heterocycles. The van der Waals surface area contributed by atoms with Crippen molar-refractivity contribution in [2.24, 2.45) is 0 Å². The summed E-state index contributed by atoms with van der Waals surface area (Å²) in [6.45, 7) is 0. The number of amides is 2. The van der Waals surface area contributed by atoms with Crippen LogP contribution in [0.25, 0.3) is 11.1 Å². The van der Waals surface area contributed by atoms with Gasteiger partial charge in [-0.25, -0.2) is 4.79 Å². The van der Waals surface area contributed by atoms with Gasteiger partial charge in [0, 0.05) is 19.7 Å². The molecule has 0 aliphatic rings. The molecule has 3 N–H and O–H groups in total. The van der Waals surface area contributed by atoms with Crippen molar-refractivity contribution in [3.8, 4) is 11.1 Å². The molecule has 0 radical (unpaired) electrons. The predicted molar refractivity (Wildman–Crippen MR) is 85.6 cm³/mol. The molecule has 0 atom stereocenters. The second-order valence-electron chi connectivity index (χ2n) is 4.80. The van der Waals surface area contributed by atoms with Crippen molar-refractivity contribution in [2.75, 3.05) is 14.1 Å². The van der Waals surface area contributed by atoms with Crippen molar-refractivity contribution in [1.82, 2.24) is 10.6 Å². The molecule has 2 rings (SSSR count). The minimum atomic E-state index is -1.17. The molecule has 2 aromatic rings. The molecule has 6 heteroatoms. The molecule has 6 nitrogen and oxygen atoms in total. The monoisotopic (exact) mass is 312 g/mol. The van der Waals surface area contributed by atoms with Gasteiger partial charge in [0.15, 0.2) is 0 Å². The van der Waals surface area contributed by atoms with Gasteiger partial charge in [-0.3, -0.25) is 9.59 Å². The summed E-state index contributed by atoms with van der Waals surface area (Å²) in [7, 11) is 2.98. The van der Waals surface area contributed by atoms with Crippen LogP contribution in [0.1, 0.15) is 31.1 Å². The van der Waals surface area contributed by atoms with E-state index in [1.165, 1.54) is 19.2 Å². The van der Waals surface area contributed by atoms with E-state index in [9.17, 15) is 19.5 Å². The zero-order chi connectivity index (χ0) is 17.0. The Morgan fingerprint density at radius 3 is 2.09 bits per heavy atom. The Hall–Kier alpha value is -3.15. The second-order valence-corrected chi connectivity index (χ2v) is 4.80. The average molecular weight is 312 g/mol. The van der Waals surface area contributed by atoms with Crippen LogP contribution in [0.3, 0.4) is 0 Å². The Balaban J connectivity index is 2.54. The molecule has 0 bridgehead atoms. The fourth-order valence-electron chi connectivity index (χ4n) is 2.22. The standard InChI is InChI=1S/C17H16N2O4/c1-18-15(20)12-5-3-4-10(8-12)11-6-7-13(17(22)23)14(9-11)16(21)19-2/h3-9H,1-2H3,(H,18,20)(H,19,21)(H,22,23). The van der Waals surface area contributed by atoms with E-state index in [1.54, 1.807) is 37.4 Å². The maximum atomic E-state index is 11.9. The summed E-state index contributed by atoms with van der Waals surface area (Å²) in [5.74, 6) is -1.87. The summed E-state index contributed by atoms with van der Waals surface area (Å²) in [6.07, 6.45) is 0. The van der Waals surface area contributed by atoms with Crippen molar-refractivity contribution in [1.29, 1.82) is 0 Å². The number of carboxylic acid groups (broad SMARTS) is 1. The number of carboxylic acids is 1. The van der Waals surface area contributed by atoms with E-state index in [0.29, 0.717) is 16.7 Å². The number of benzene rings is 2. The zero-order valence-corrected chi connectivity index (χ0v) is 12.7. The van der Waals surface area contributed by atoms with Crippen LogP contribution in [-0.4, -0.2) is 37.0 Å². The molecule has 0 unspecified atom stereocenters. The van der Waals surface area contributed by atoms with Crippen LogP contribution in [-0.2, 0) is 0 Å². The molecule has 0 aliphatic carbocycles. The molecule has 23 heavy (non-hydrogen) atoms. The molecular weight excluding hydrogens is 296 g/mol. The molecule has 0 saturated heterocycles. The Morgan fingerprint density at radius 2 is 1.48 bits per heavy atom. The molecule has 2 aromatic carbocycles. The van der Waals surface area contributed by atoms with Crippen LogP contribution >= 0.6 is 0 Å². The first kappa shape index (κ1) is 16.2. The quantitative estimate of drug-likeness (QED) is 0.802. The maximum absolute atomic E-state index is 11.9. The number of nitrogens with one attached hydrogen (secondary N) is 2. The van der Waals surface area contributed by atoms with E-state index >= 15 is 0 Å². The lowest BCUT2D eigenvalue weighted by Gasteiger charge is -2.09. The number of carbonyl (C=O) groups excluding carboxylic acids is 2. The molecule has 118 valence electrons. The third-order valence-electron chi connectivity index (χ3n) is 3.41. The number of rotatable bonds is 4. The molecule has 0 saturated carbocycles. The van der Waals surface area contributed by atoms with Crippen LogP contribution in [0.2, 0.25) is 0 Å². The Morgan fingerprint density at radius 1 is 0.826 bits per heavy atom. The smallest absolute Gasteiger partial charge is 0.336 e. The van der Waals surface area contributed by atoms with Gasteiger partial charge in [-0.15, -0.1) is 0 Å². The van der Waals surface area contributed by atoms with Gasteiger partial charge in [-0.05, 0) is 35.4 Å². The summed E-state index contributed by atoms with van der Waals surface area (Å²) < 4.78 is 0.